The zero-order chi connectivity index (χ0) is 12.5. The maximum absolute atomic E-state index is 12.8. The van der Waals surface area contributed by atoms with E-state index in [4.69, 9.17) is 23.2 Å². The monoisotopic (exact) mass is 284 g/mol. The molecule has 0 aromatic heterocycles. The Kier molecular flexibility index (Phi) is 3.63. The third kappa shape index (κ3) is 2.74. The van der Waals surface area contributed by atoms with Gasteiger partial charge in [-0.15, -0.1) is 0 Å². The van der Waals surface area contributed by atoms with Crippen LogP contribution in [-0.4, -0.2) is 6.66 Å². The number of hydrogen-bond acceptors (Lipinski definition) is 1. The van der Waals surface area contributed by atoms with Gasteiger partial charge in [0.2, 0.25) is 0 Å². The van der Waals surface area contributed by atoms with Gasteiger partial charge in [-0.1, -0.05) is 23.2 Å². The van der Waals surface area contributed by atoms with E-state index in [9.17, 15) is 4.57 Å². The van der Waals surface area contributed by atoms with E-state index in [0.717, 1.165) is 10.6 Å². The van der Waals surface area contributed by atoms with Crippen LogP contribution in [0.25, 0.3) is 0 Å². The van der Waals surface area contributed by atoms with Gasteiger partial charge in [0.15, 0.2) is 0 Å². The fourth-order valence-electron chi connectivity index (χ4n) is 1.60. The summed E-state index contributed by atoms with van der Waals surface area (Å²) in [6, 6.07) is 14.2. The fourth-order valence-corrected chi connectivity index (χ4v) is 3.59. The molecule has 2 aromatic carbocycles. The smallest absolute Gasteiger partial charge is 0.140 e. The highest BCUT2D eigenvalue weighted by Crippen LogP contribution is 2.39. The molecule has 2 rings (SSSR count). The minimum absolute atomic E-state index is 0.643. The molecule has 2 aromatic rings. The van der Waals surface area contributed by atoms with Crippen molar-refractivity contribution >= 4 is 41.0 Å². The molecule has 0 bridgehead atoms. The Morgan fingerprint density at radius 3 is 1.35 bits per heavy atom. The molecule has 0 saturated heterocycles. The summed E-state index contributed by atoms with van der Waals surface area (Å²) in [7, 11) is -2.55. The molecule has 0 fully saturated rings. The van der Waals surface area contributed by atoms with Gasteiger partial charge in [-0.2, -0.15) is 0 Å². The Balaban J connectivity index is 2.45. The highest BCUT2D eigenvalue weighted by molar-refractivity contribution is 7.78. The molecule has 0 heterocycles. The molecular weight excluding hydrogens is 274 g/mol. The van der Waals surface area contributed by atoms with Crippen LogP contribution in [0.5, 0.6) is 0 Å². The van der Waals surface area contributed by atoms with E-state index in [1.807, 2.05) is 0 Å². The van der Waals surface area contributed by atoms with E-state index in [0.29, 0.717) is 10.0 Å². The average molecular weight is 285 g/mol. The standard InChI is InChI=1S/C13H11Cl2OP/c1-17(16,12-6-2-10(14)3-7-12)13-8-4-11(15)5-9-13/h2-9H,1H3. The highest BCUT2D eigenvalue weighted by Gasteiger charge is 2.20. The van der Waals surface area contributed by atoms with Crippen LogP contribution in [0.1, 0.15) is 0 Å². The van der Waals surface area contributed by atoms with Gasteiger partial charge in [0.05, 0.1) is 0 Å². The van der Waals surface area contributed by atoms with Crippen LogP contribution in [-0.2, 0) is 4.57 Å². The second-order valence-electron chi connectivity index (χ2n) is 3.88. The zero-order valence-electron chi connectivity index (χ0n) is 9.23. The zero-order valence-corrected chi connectivity index (χ0v) is 11.6. The lowest BCUT2D eigenvalue weighted by Gasteiger charge is -2.13. The molecule has 17 heavy (non-hydrogen) atoms. The lowest BCUT2D eigenvalue weighted by Crippen LogP contribution is -2.14. The number of rotatable bonds is 2. The maximum atomic E-state index is 12.8. The Morgan fingerprint density at radius 2 is 1.06 bits per heavy atom. The van der Waals surface area contributed by atoms with Crippen molar-refractivity contribution in [1.29, 1.82) is 0 Å². The van der Waals surface area contributed by atoms with Crippen LogP contribution >= 0.6 is 30.3 Å². The third-order valence-corrected chi connectivity index (χ3v) is 5.71. The summed E-state index contributed by atoms with van der Waals surface area (Å²) < 4.78 is 12.8. The van der Waals surface area contributed by atoms with E-state index in [-0.39, 0.29) is 0 Å². The summed E-state index contributed by atoms with van der Waals surface area (Å²) in [6.07, 6.45) is 0. The van der Waals surface area contributed by atoms with E-state index in [1.165, 1.54) is 0 Å². The van der Waals surface area contributed by atoms with Crippen LogP contribution in [0.3, 0.4) is 0 Å². The van der Waals surface area contributed by atoms with Gasteiger partial charge in [-0.3, -0.25) is 0 Å². The van der Waals surface area contributed by atoms with Crippen molar-refractivity contribution in [2.24, 2.45) is 0 Å². The quantitative estimate of drug-likeness (QED) is 0.764. The van der Waals surface area contributed by atoms with Crippen molar-refractivity contribution in [3.63, 3.8) is 0 Å². The van der Waals surface area contributed by atoms with E-state index in [2.05, 4.69) is 0 Å². The first-order valence-electron chi connectivity index (χ1n) is 5.10. The fraction of sp³-hybridized carbons (Fsp3) is 0.0769. The van der Waals surface area contributed by atoms with Crippen LogP contribution in [0, 0.1) is 0 Å². The predicted molar refractivity (Wildman–Crippen MR) is 75.7 cm³/mol. The van der Waals surface area contributed by atoms with Crippen LogP contribution < -0.4 is 10.6 Å². The summed E-state index contributed by atoms with van der Waals surface area (Å²) in [4.78, 5) is 0. The Hall–Kier alpha value is -0.750. The Labute approximate surface area is 111 Å². The highest BCUT2D eigenvalue weighted by atomic mass is 35.5. The molecule has 0 amide bonds. The predicted octanol–water partition coefficient (Wildman–Crippen LogP) is 3.94. The van der Waals surface area contributed by atoms with Crippen LogP contribution in [0.15, 0.2) is 48.5 Å². The summed E-state index contributed by atoms with van der Waals surface area (Å²) in [5.74, 6) is 0. The first-order valence-corrected chi connectivity index (χ1v) is 8.01. The van der Waals surface area contributed by atoms with Crippen molar-refractivity contribution < 1.29 is 4.57 Å². The minimum atomic E-state index is -2.55. The van der Waals surface area contributed by atoms with Gasteiger partial charge in [0.25, 0.3) is 0 Å². The summed E-state index contributed by atoms with van der Waals surface area (Å²) in [5.41, 5.74) is 0. The Bertz CT molecular complexity index is 511. The van der Waals surface area contributed by atoms with Crippen molar-refractivity contribution in [3.05, 3.63) is 58.6 Å². The topological polar surface area (TPSA) is 17.1 Å². The lowest BCUT2D eigenvalue weighted by atomic mass is 10.4. The van der Waals surface area contributed by atoms with Crippen LogP contribution in [0.4, 0.5) is 0 Å². The molecule has 0 aliphatic rings. The van der Waals surface area contributed by atoms with Crippen molar-refractivity contribution in [2.75, 3.05) is 6.66 Å². The van der Waals surface area contributed by atoms with Gasteiger partial charge in [-0.05, 0) is 55.2 Å². The molecule has 0 unspecified atom stereocenters. The van der Waals surface area contributed by atoms with Gasteiger partial charge in [0, 0.05) is 20.7 Å². The van der Waals surface area contributed by atoms with Crippen molar-refractivity contribution in [3.8, 4) is 0 Å². The molecule has 0 radical (unpaired) electrons. The normalized spacial score (nSPS) is 11.5. The molecule has 88 valence electrons. The number of hydrogen-bond donors (Lipinski definition) is 0. The van der Waals surface area contributed by atoms with Gasteiger partial charge in [-0.25, -0.2) is 0 Å². The van der Waals surface area contributed by atoms with Crippen molar-refractivity contribution in [2.45, 2.75) is 0 Å². The molecule has 0 spiro atoms. The molecule has 0 aliphatic carbocycles. The maximum Gasteiger partial charge on any atom is 0.140 e. The van der Waals surface area contributed by atoms with Gasteiger partial charge >= 0.3 is 0 Å². The first kappa shape index (κ1) is 12.7. The largest absolute Gasteiger partial charge is 0.314 e. The summed E-state index contributed by atoms with van der Waals surface area (Å²) in [5, 5.41) is 2.88. The van der Waals surface area contributed by atoms with E-state index < -0.39 is 7.14 Å². The van der Waals surface area contributed by atoms with E-state index >= 15 is 0 Å². The van der Waals surface area contributed by atoms with Gasteiger partial charge < -0.3 is 4.57 Å². The Morgan fingerprint density at radius 1 is 0.765 bits per heavy atom. The van der Waals surface area contributed by atoms with Gasteiger partial charge in [0.1, 0.15) is 7.14 Å². The van der Waals surface area contributed by atoms with Crippen LogP contribution in [0.2, 0.25) is 10.0 Å². The summed E-state index contributed by atoms with van der Waals surface area (Å²) in [6.45, 7) is 1.75. The average Bonchev–Trinajstić information content (AvgIpc) is 2.30. The molecule has 0 aliphatic heterocycles. The SMILES string of the molecule is CP(=O)(c1ccc(Cl)cc1)c1ccc(Cl)cc1. The molecular formula is C13H11Cl2OP. The minimum Gasteiger partial charge on any atom is -0.314 e. The molecule has 4 heteroatoms. The molecule has 1 nitrogen and oxygen atoms in total. The molecule has 0 atom stereocenters. The first-order chi connectivity index (χ1) is 8.00. The van der Waals surface area contributed by atoms with E-state index in [1.54, 1.807) is 55.2 Å². The summed E-state index contributed by atoms with van der Waals surface area (Å²) >= 11 is 11.6. The molecule has 0 saturated carbocycles. The number of halogens is 2. The lowest BCUT2D eigenvalue weighted by molar-refractivity contribution is 0.590. The molecule has 0 N–H and O–H groups in total. The van der Waals surface area contributed by atoms with Crippen molar-refractivity contribution in [1.82, 2.24) is 0 Å². The second-order valence-corrected chi connectivity index (χ2v) is 7.63. The number of benzene rings is 2. The second kappa shape index (κ2) is 4.86. The third-order valence-electron chi connectivity index (χ3n) is 2.64.